The number of nitrogens with zero attached hydrogens (tertiary/aromatic N) is 2. The number of likely N-dealkylation sites (tertiary alicyclic amines) is 1. The number of hydrogen-bond acceptors (Lipinski definition) is 4. The Morgan fingerprint density at radius 3 is 2.39 bits per heavy atom. The second-order valence-electron chi connectivity index (χ2n) is 8.35. The Bertz CT molecular complexity index is 885. The predicted molar refractivity (Wildman–Crippen MR) is 108 cm³/mol. The molecule has 2 heterocycles. The van der Waals surface area contributed by atoms with E-state index in [0.29, 0.717) is 25.3 Å². The van der Waals surface area contributed by atoms with Crippen LogP contribution < -0.4 is 5.56 Å². The predicted octanol–water partition coefficient (Wildman–Crippen LogP) is 2.27. The van der Waals surface area contributed by atoms with Crippen molar-refractivity contribution in [3.63, 3.8) is 0 Å². The van der Waals surface area contributed by atoms with Crippen molar-refractivity contribution < 1.29 is 15.0 Å². The first-order chi connectivity index (χ1) is 13.2. The van der Waals surface area contributed by atoms with E-state index in [9.17, 15) is 19.8 Å². The molecule has 0 saturated carbocycles. The molecule has 28 heavy (non-hydrogen) atoms. The molecular formula is C22H28N2O4. The smallest absolute Gasteiger partial charge is 0.327 e. The fourth-order valence-electron chi connectivity index (χ4n) is 4.41. The molecule has 3 rings (SSSR count). The van der Waals surface area contributed by atoms with Gasteiger partial charge in [0.2, 0.25) is 0 Å². The van der Waals surface area contributed by atoms with Gasteiger partial charge in [0, 0.05) is 43.2 Å². The maximum absolute atomic E-state index is 12.5. The van der Waals surface area contributed by atoms with Gasteiger partial charge in [-0.1, -0.05) is 36.4 Å². The third kappa shape index (κ3) is 4.34. The minimum atomic E-state index is -1.01. The van der Waals surface area contributed by atoms with Crippen molar-refractivity contribution in [2.24, 2.45) is 5.92 Å². The molecule has 0 spiro atoms. The average molecular weight is 384 g/mol. The molecule has 1 fully saturated rings. The third-order valence-corrected chi connectivity index (χ3v) is 5.41. The fraction of sp³-hybridized carbons (Fsp3) is 0.455. The molecule has 0 radical (unpaired) electrons. The van der Waals surface area contributed by atoms with Crippen LogP contribution in [-0.2, 0) is 4.79 Å². The van der Waals surface area contributed by atoms with Crippen molar-refractivity contribution in [2.45, 2.75) is 38.3 Å². The van der Waals surface area contributed by atoms with E-state index in [2.05, 4.69) is 4.90 Å². The van der Waals surface area contributed by atoms with Crippen molar-refractivity contribution in [1.82, 2.24) is 9.47 Å². The highest BCUT2D eigenvalue weighted by atomic mass is 16.4. The molecule has 1 saturated heterocycles. The van der Waals surface area contributed by atoms with Gasteiger partial charge in [0.1, 0.15) is 6.04 Å². The highest BCUT2D eigenvalue weighted by Crippen LogP contribution is 2.40. The molecule has 1 aromatic heterocycles. The van der Waals surface area contributed by atoms with E-state index >= 15 is 0 Å². The molecule has 1 aliphatic rings. The van der Waals surface area contributed by atoms with Gasteiger partial charge in [-0.05, 0) is 32.4 Å². The first-order valence-electron chi connectivity index (χ1n) is 9.58. The Labute approximate surface area is 165 Å². The molecule has 1 aromatic carbocycles. The van der Waals surface area contributed by atoms with E-state index in [4.69, 9.17) is 0 Å². The number of pyridine rings is 1. The van der Waals surface area contributed by atoms with E-state index in [-0.39, 0.29) is 17.4 Å². The van der Waals surface area contributed by atoms with Crippen LogP contribution in [0.5, 0.6) is 0 Å². The number of hydrogen-bond donors (Lipinski definition) is 2. The Kier molecular flexibility index (Phi) is 5.72. The van der Waals surface area contributed by atoms with Crippen molar-refractivity contribution in [3.05, 3.63) is 70.1 Å². The summed E-state index contributed by atoms with van der Waals surface area (Å²) in [7, 11) is 0. The second kappa shape index (κ2) is 7.89. The topological polar surface area (TPSA) is 82.8 Å². The summed E-state index contributed by atoms with van der Waals surface area (Å²) in [4.78, 5) is 27.0. The monoisotopic (exact) mass is 384 g/mol. The van der Waals surface area contributed by atoms with Gasteiger partial charge in [-0.25, -0.2) is 4.79 Å². The number of carboxylic acids is 1. The fourth-order valence-corrected chi connectivity index (χ4v) is 4.41. The van der Waals surface area contributed by atoms with E-state index in [0.717, 1.165) is 5.56 Å². The SMILES string of the molecule is Cc1cccc(=O)n1C(C(=O)O)C1CN(CC(C)(C)O)CC1c1ccccc1. The summed E-state index contributed by atoms with van der Waals surface area (Å²) in [5.41, 5.74) is 0.500. The van der Waals surface area contributed by atoms with Crippen molar-refractivity contribution >= 4 is 5.97 Å². The number of aromatic nitrogens is 1. The first kappa shape index (κ1) is 20.3. The minimum absolute atomic E-state index is 0.0452. The number of rotatable bonds is 6. The number of aliphatic hydroxyl groups is 1. The normalized spacial score (nSPS) is 21.6. The van der Waals surface area contributed by atoms with Crippen LogP contribution in [0.3, 0.4) is 0 Å². The van der Waals surface area contributed by atoms with Crippen molar-refractivity contribution in [2.75, 3.05) is 19.6 Å². The lowest BCUT2D eigenvalue weighted by atomic mass is 9.83. The minimum Gasteiger partial charge on any atom is -0.480 e. The number of benzene rings is 1. The van der Waals surface area contributed by atoms with Gasteiger partial charge in [0.15, 0.2) is 0 Å². The Hall–Kier alpha value is -2.44. The van der Waals surface area contributed by atoms with Gasteiger partial charge < -0.3 is 10.2 Å². The van der Waals surface area contributed by atoms with Gasteiger partial charge in [-0.3, -0.25) is 14.3 Å². The maximum Gasteiger partial charge on any atom is 0.327 e. The van der Waals surface area contributed by atoms with Crippen molar-refractivity contribution in [1.29, 1.82) is 0 Å². The van der Waals surface area contributed by atoms with Gasteiger partial charge in [0.25, 0.3) is 5.56 Å². The molecule has 0 aliphatic carbocycles. The molecule has 3 atom stereocenters. The van der Waals surface area contributed by atoms with Crippen LogP contribution in [0.2, 0.25) is 0 Å². The van der Waals surface area contributed by atoms with Crippen LogP contribution >= 0.6 is 0 Å². The molecule has 3 unspecified atom stereocenters. The zero-order valence-electron chi connectivity index (χ0n) is 16.6. The summed E-state index contributed by atoms with van der Waals surface area (Å²) in [5, 5.41) is 20.4. The van der Waals surface area contributed by atoms with Gasteiger partial charge >= 0.3 is 5.97 Å². The molecule has 0 bridgehead atoms. The van der Waals surface area contributed by atoms with Crippen LogP contribution in [0.15, 0.2) is 53.3 Å². The standard InChI is InChI=1S/C22H28N2O4/c1-15-8-7-11-19(25)24(15)20(21(26)27)18-13-23(14-22(2,3)28)12-17(18)16-9-5-4-6-10-16/h4-11,17-18,20,28H,12-14H2,1-3H3,(H,26,27). The third-order valence-electron chi connectivity index (χ3n) is 5.41. The lowest BCUT2D eigenvalue weighted by molar-refractivity contribution is -0.143. The highest BCUT2D eigenvalue weighted by molar-refractivity contribution is 5.73. The largest absolute Gasteiger partial charge is 0.480 e. The molecule has 0 amide bonds. The average Bonchev–Trinajstić information content (AvgIpc) is 3.00. The number of aliphatic carboxylic acids is 1. The van der Waals surface area contributed by atoms with Crippen LogP contribution in [0.1, 0.15) is 37.1 Å². The zero-order chi connectivity index (χ0) is 20.5. The number of aryl methyl sites for hydroxylation is 1. The summed E-state index contributed by atoms with van der Waals surface area (Å²) in [6, 6.07) is 13.7. The Balaban J connectivity index is 2.05. The van der Waals surface area contributed by atoms with Gasteiger partial charge in [-0.15, -0.1) is 0 Å². The van der Waals surface area contributed by atoms with E-state index < -0.39 is 17.6 Å². The summed E-state index contributed by atoms with van der Waals surface area (Å²) < 4.78 is 1.40. The van der Waals surface area contributed by atoms with Gasteiger partial charge in [-0.2, -0.15) is 0 Å². The zero-order valence-corrected chi connectivity index (χ0v) is 16.6. The maximum atomic E-state index is 12.5. The van der Waals surface area contributed by atoms with E-state index in [1.807, 2.05) is 30.3 Å². The molecule has 150 valence electrons. The number of β-amino-alcohol motifs (C(OH)–C–C–N with tert-alkyl or cyclic N) is 1. The summed E-state index contributed by atoms with van der Waals surface area (Å²) in [6.07, 6.45) is 0. The molecule has 1 aliphatic heterocycles. The first-order valence-corrected chi connectivity index (χ1v) is 9.58. The Morgan fingerprint density at radius 1 is 1.14 bits per heavy atom. The van der Waals surface area contributed by atoms with Crippen molar-refractivity contribution in [3.8, 4) is 0 Å². The van der Waals surface area contributed by atoms with Crippen LogP contribution in [0.4, 0.5) is 0 Å². The van der Waals surface area contributed by atoms with E-state index in [1.54, 1.807) is 32.9 Å². The summed E-state index contributed by atoms with van der Waals surface area (Å²) in [6.45, 7) is 6.85. The molecular weight excluding hydrogens is 356 g/mol. The quantitative estimate of drug-likeness (QED) is 0.798. The molecule has 2 aromatic rings. The number of carboxylic acid groups (broad SMARTS) is 1. The second-order valence-corrected chi connectivity index (χ2v) is 8.35. The lowest BCUT2D eigenvalue weighted by Crippen LogP contribution is -2.40. The molecule has 2 N–H and O–H groups in total. The van der Waals surface area contributed by atoms with Crippen LogP contribution in [-0.4, -0.2) is 50.9 Å². The summed E-state index contributed by atoms with van der Waals surface area (Å²) in [5.74, 6) is -1.34. The van der Waals surface area contributed by atoms with Gasteiger partial charge in [0.05, 0.1) is 5.60 Å². The Morgan fingerprint density at radius 2 is 1.82 bits per heavy atom. The van der Waals surface area contributed by atoms with Crippen LogP contribution in [0.25, 0.3) is 0 Å². The lowest BCUT2D eigenvalue weighted by Gasteiger charge is -2.28. The number of carbonyl (C=O) groups is 1. The molecule has 6 heteroatoms. The summed E-state index contributed by atoms with van der Waals surface area (Å²) >= 11 is 0. The highest BCUT2D eigenvalue weighted by Gasteiger charge is 2.44. The molecule has 6 nitrogen and oxygen atoms in total. The van der Waals surface area contributed by atoms with Crippen LogP contribution in [0, 0.1) is 12.8 Å². The van der Waals surface area contributed by atoms with E-state index in [1.165, 1.54) is 10.6 Å².